The number of carbonyl (C=O) groups is 3. The molecule has 1 spiro atoms. The molecular weight excluding hydrogens is 483 g/mol. The van der Waals surface area contributed by atoms with Gasteiger partial charge < -0.3 is 10.2 Å². The molecular formula is C28H20Cl2N2O3. The molecule has 1 amide bonds. The van der Waals surface area contributed by atoms with Crippen LogP contribution < -0.4 is 10.2 Å². The molecule has 7 heteroatoms. The van der Waals surface area contributed by atoms with Gasteiger partial charge in [-0.05, 0) is 54.4 Å². The molecule has 4 atom stereocenters. The summed E-state index contributed by atoms with van der Waals surface area (Å²) in [5.41, 5.74) is 1.91. The van der Waals surface area contributed by atoms with Gasteiger partial charge in [-0.3, -0.25) is 14.4 Å². The van der Waals surface area contributed by atoms with E-state index in [0.29, 0.717) is 21.8 Å². The van der Waals surface area contributed by atoms with Crippen molar-refractivity contribution in [3.05, 3.63) is 99.5 Å². The van der Waals surface area contributed by atoms with Crippen LogP contribution in [0, 0.1) is 5.92 Å². The molecule has 3 aromatic carbocycles. The first-order valence-electron chi connectivity index (χ1n) is 11.3. The Morgan fingerprint density at radius 3 is 2.51 bits per heavy atom. The summed E-state index contributed by atoms with van der Waals surface area (Å²) in [6.45, 7) is 1.47. The molecule has 0 bridgehead atoms. The summed E-state index contributed by atoms with van der Waals surface area (Å²) in [4.78, 5) is 43.6. The maximum atomic E-state index is 14.3. The summed E-state index contributed by atoms with van der Waals surface area (Å²) in [5.74, 6) is -1.84. The zero-order valence-corrected chi connectivity index (χ0v) is 20.2. The molecule has 0 saturated carbocycles. The minimum atomic E-state index is -1.32. The van der Waals surface area contributed by atoms with E-state index in [0.717, 1.165) is 11.3 Å². The molecule has 0 aromatic heterocycles. The SMILES string of the molecule is CC(=O)[C@@H]1[C@H](C(=O)c2ccccc2Cl)[C@@]2(C(=O)Nc3ccccc32)[C@H]2C=Cc3cc(Cl)ccc3N12. The number of Topliss-reactive ketones (excluding diaryl/α,β-unsaturated/α-hetero) is 2. The van der Waals surface area contributed by atoms with Crippen molar-refractivity contribution >= 4 is 58.1 Å². The zero-order valence-electron chi connectivity index (χ0n) is 18.7. The fourth-order valence-corrected chi connectivity index (χ4v) is 6.54. The number of ketones is 2. The third-order valence-electron chi connectivity index (χ3n) is 7.43. The molecule has 3 aliphatic rings. The lowest BCUT2D eigenvalue weighted by atomic mass is 9.64. The number of nitrogens with one attached hydrogen (secondary N) is 1. The summed E-state index contributed by atoms with van der Waals surface area (Å²) >= 11 is 12.7. The largest absolute Gasteiger partial charge is 0.352 e. The average Bonchev–Trinajstić information content (AvgIpc) is 3.32. The molecule has 3 aromatic rings. The molecule has 1 fully saturated rings. The summed E-state index contributed by atoms with van der Waals surface area (Å²) in [6.07, 6.45) is 3.83. The van der Waals surface area contributed by atoms with Crippen molar-refractivity contribution < 1.29 is 14.4 Å². The molecule has 6 rings (SSSR count). The van der Waals surface area contributed by atoms with Gasteiger partial charge in [-0.15, -0.1) is 0 Å². The molecule has 1 saturated heterocycles. The van der Waals surface area contributed by atoms with Crippen molar-refractivity contribution in [1.82, 2.24) is 0 Å². The van der Waals surface area contributed by atoms with Gasteiger partial charge in [-0.2, -0.15) is 0 Å². The van der Waals surface area contributed by atoms with E-state index in [1.54, 1.807) is 30.3 Å². The lowest BCUT2D eigenvalue weighted by molar-refractivity contribution is -0.122. The summed E-state index contributed by atoms with van der Waals surface area (Å²) in [5, 5.41) is 3.84. The second kappa shape index (κ2) is 7.80. The van der Waals surface area contributed by atoms with Crippen LogP contribution in [0.15, 0.2) is 72.8 Å². The first-order valence-corrected chi connectivity index (χ1v) is 12.1. The lowest BCUT2D eigenvalue weighted by Gasteiger charge is -2.37. The topological polar surface area (TPSA) is 66.5 Å². The first kappa shape index (κ1) is 22.1. The number of fused-ring (bicyclic) bond motifs is 6. The van der Waals surface area contributed by atoms with Crippen LogP contribution in [0.2, 0.25) is 10.0 Å². The monoisotopic (exact) mass is 502 g/mol. The number of halogens is 2. The van der Waals surface area contributed by atoms with Gasteiger partial charge in [-0.1, -0.05) is 65.7 Å². The summed E-state index contributed by atoms with van der Waals surface area (Å²) < 4.78 is 0. The third-order valence-corrected chi connectivity index (χ3v) is 8.00. The summed E-state index contributed by atoms with van der Waals surface area (Å²) in [7, 11) is 0. The Balaban J connectivity index is 1.67. The Morgan fingerprint density at radius 1 is 1.00 bits per heavy atom. The third kappa shape index (κ3) is 2.92. The van der Waals surface area contributed by atoms with Crippen molar-refractivity contribution in [2.45, 2.75) is 24.4 Å². The van der Waals surface area contributed by atoms with E-state index < -0.39 is 23.4 Å². The molecule has 0 radical (unpaired) electrons. The van der Waals surface area contributed by atoms with Crippen LogP contribution in [-0.4, -0.2) is 29.6 Å². The number of anilines is 2. The van der Waals surface area contributed by atoms with E-state index in [-0.39, 0.29) is 22.5 Å². The molecule has 3 aliphatic heterocycles. The fourth-order valence-electron chi connectivity index (χ4n) is 6.13. The maximum Gasteiger partial charge on any atom is 0.238 e. The maximum absolute atomic E-state index is 14.3. The van der Waals surface area contributed by atoms with Gasteiger partial charge in [0.1, 0.15) is 5.41 Å². The van der Waals surface area contributed by atoms with Gasteiger partial charge in [0, 0.05) is 22.0 Å². The van der Waals surface area contributed by atoms with Crippen LogP contribution in [0.4, 0.5) is 11.4 Å². The van der Waals surface area contributed by atoms with Gasteiger partial charge >= 0.3 is 0 Å². The highest BCUT2D eigenvalue weighted by Gasteiger charge is 2.69. The highest BCUT2D eigenvalue weighted by molar-refractivity contribution is 6.34. The van der Waals surface area contributed by atoms with E-state index in [9.17, 15) is 14.4 Å². The van der Waals surface area contributed by atoms with Gasteiger partial charge in [0.15, 0.2) is 11.6 Å². The number of hydrogen-bond acceptors (Lipinski definition) is 4. The predicted molar refractivity (Wildman–Crippen MR) is 137 cm³/mol. The highest BCUT2D eigenvalue weighted by Crippen LogP contribution is 2.58. The van der Waals surface area contributed by atoms with Crippen molar-refractivity contribution in [2.24, 2.45) is 5.92 Å². The summed E-state index contributed by atoms with van der Waals surface area (Å²) in [6, 6.07) is 18.1. The Bertz CT molecular complexity index is 1470. The number of nitrogens with zero attached hydrogens (tertiary/aromatic N) is 1. The van der Waals surface area contributed by atoms with E-state index in [4.69, 9.17) is 23.2 Å². The molecule has 174 valence electrons. The molecule has 1 N–H and O–H groups in total. The Labute approximate surface area is 212 Å². The minimum absolute atomic E-state index is 0.203. The van der Waals surface area contributed by atoms with Crippen molar-refractivity contribution in [1.29, 1.82) is 0 Å². The molecule has 0 aliphatic carbocycles. The van der Waals surface area contributed by atoms with Gasteiger partial charge in [0.2, 0.25) is 5.91 Å². The number of hydrogen-bond donors (Lipinski definition) is 1. The van der Waals surface area contributed by atoms with E-state index in [1.807, 2.05) is 53.5 Å². The number of benzene rings is 3. The predicted octanol–water partition coefficient (Wildman–Crippen LogP) is 5.56. The van der Waals surface area contributed by atoms with Crippen LogP contribution in [0.1, 0.15) is 28.4 Å². The van der Waals surface area contributed by atoms with Crippen LogP contribution in [0.5, 0.6) is 0 Å². The number of rotatable bonds is 3. The number of para-hydroxylation sites is 1. The normalized spacial score (nSPS) is 25.7. The Morgan fingerprint density at radius 2 is 1.74 bits per heavy atom. The van der Waals surface area contributed by atoms with Gasteiger partial charge in [0.05, 0.1) is 23.0 Å². The second-order valence-corrected chi connectivity index (χ2v) is 10.0. The first-order chi connectivity index (χ1) is 16.9. The number of carbonyl (C=O) groups excluding carboxylic acids is 3. The quantitative estimate of drug-likeness (QED) is 0.476. The smallest absolute Gasteiger partial charge is 0.238 e. The molecule has 0 unspecified atom stereocenters. The van der Waals surface area contributed by atoms with E-state index in [1.165, 1.54) is 6.92 Å². The van der Waals surface area contributed by atoms with Crippen molar-refractivity contribution in [2.75, 3.05) is 10.2 Å². The van der Waals surface area contributed by atoms with Crippen molar-refractivity contribution in [3.8, 4) is 0 Å². The fraction of sp³-hybridized carbons (Fsp3) is 0.179. The van der Waals surface area contributed by atoms with Crippen LogP contribution in [0.25, 0.3) is 6.08 Å². The number of amides is 1. The van der Waals surface area contributed by atoms with Gasteiger partial charge in [-0.25, -0.2) is 0 Å². The van der Waals surface area contributed by atoms with Gasteiger partial charge in [0.25, 0.3) is 0 Å². The zero-order chi connectivity index (χ0) is 24.5. The van der Waals surface area contributed by atoms with E-state index >= 15 is 0 Å². The van der Waals surface area contributed by atoms with Crippen LogP contribution in [0.3, 0.4) is 0 Å². The minimum Gasteiger partial charge on any atom is -0.352 e. The lowest BCUT2D eigenvalue weighted by Crippen LogP contribution is -2.51. The molecule has 5 nitrogen and oxygen atoms in total. The average molecular weight is 503 g/mol. The van der Waals surface area contributed by atoms with Crippen LogP contribution in [-0.2, 0) is 15.0 Å². The molecule has 35 heavy (non-hydrogen) atoms. The van der Waals surface area contributed by atoms with E-state index in [2.05, 4.69) is 5.32 Å². The second-order valence-electron chi connectivity index (χ2n) is 9.16. The standard InChI is InChI=1S/C28H20Cl2N2O3/c1-15(33)25-24(26(34)18-6-2-4-8-20(18)30)28(19-7-3-5-9-21(19)31-27(28)35)23-13-10-16-14-17(29)11-12-22(16)32(23)25/h2-14,23-25H,1H3,(H,31,35)/t23-,24-,25-,28+/m1/s1. The highest BCUT2D eigenvalue weighted by atomic mass is 35.5. The van der Waals surface area contributed by atoms with Crippen LogP contribution >= 0.6 is 23.2 Å². The Kier molecular flexibility index (Phi) is 4.92. The Hall–Kier alpha value is -3.41. The molecule has 3 heterocycles. The van der Waals surface area contributed by atoms with Crippen molar-refractivity contribution in [3.63, 3.8) is 0 Å².